The Labute approximate surface area is 25.8 Å². The van der Waals surface area contributed by atoms with Crippen molar-refractivity contribution in [2.75, 3.05) is 7.05 Å². The van der Waals surface area contributed by atoms with Crippen LogP contribution < -0.4 is 5.73 Å². The van der Waals surface area contributed by atoms with Crippen molar-refractivity contribution in [2.45, 2.75) is 0 Å². The molecule has 0 radical (unpaired) electrons. The van der Waals surface area contributed by atoms with Crippen LogP contribution in [0.15, 0.2) is 0 Å². The lowest BCUT2D eigenvalue weighted by Crippen LogP contribution is -1.69. The number of nitrogens with zero attached hydrogens (tertiary/aromatic N) is 1. The smallest absolute Gasteiger partial charge is 0.0462 e. The zero-order chi connectivity index (χ0) is 4.00. The van der Waals surface area contributed by atoms with Crippen molar-refractivity contribution in [1.82, 2.24) is 0 Å². The second-order valence-corrected chi connectivity index (χ2v) is 0. The second kappa shape index (κ2) is 17.0. The highest BCUT2D eigenvalue weighted by atomic mass is 14.4. The van der Waals surface area contributed by atoms with Crippen molar-refractivity contribution >= 4 is 0 Å². The summed E-state index contributed by atoms with van der Waals surface area (Å²) in [6, 6.07) is 0. The summed E-state index contributed by atoms with van der Waals surface area (Å²) in [6.45, 7) is 3.50. The van der Waals surface area contributed by atoms with Gasteiger partial charge in [-0.15, -0.1) is 0 Å². The normalized spacial score (nSPS) is 2.00. The van der Waals surface area contributed by atoms with Gasteiger partial charge in [-0.25, -0.2) is 5.26 Å². The van der Waals surface area contributed by atoms with E-state index in [0.29, 0.717) is 0 Å². The molecule has 0 amide bonds. The lowest BCUT2D eigenvalue weighted by atomic mass is 11.6. The van der Waals surface area contributed by atoms with Gasteiger partial charge in [-0.05, 0) is 7.05 Å². The Bertz CT molecular complexity index is 8.75. The van der Waals surface area contributed by atoms with E-state index in [1.807, 2.05) is 0 Å². The van der Waals surface area contributed by atoms with E-state index in [-0.39, 0.29) is 0 Å². The maximum absolute atomic E-state index is 6.50. The minimum atomic E-state index is 1.50. The van der Waals surface area contributed by atoms with Crippen molar-refractivity contribution in [2.24, 2.45) is 5.73 Å². The summed E-state index contributed by atoms with van der Waals surface area (Å²) in [6.07, 6.45) is 0. The Kier molecular flexibility index (Phi) is 41.9. The van der Waals surface area contributed by atoms with Crippen LogP contribution in [-0.4, -0.2) is 7.05 Å². The molecule has 2 nitrogen and oxygen atoms in total. The number of hydrogen-bond donors (Lipinski definition) is 1. The van der Waals surface area contributed by atoms with Crippen LogP contribution in [0.25, 0.3) is 0 Å². The van der Waals surface area contributed by atoms with E-state index in [9.17, 15) is 0 Å². The molecule has 0 atom stereocenters. The highest BCUT2D eigenvalue weighted by molar-refractivity contribution is 4.03. The zero-order valence-corrected chi connectivity index (χ0v) is 2.60. The van der Waals surface area contributed by atoms with Crippen molar-refractivity contribution in [1.29, 1.82) is 5.26 Å². The summed E-state index contributed by atoms with van der Waals surface area (Å²) in [4.78, 5) is 0. The molecule has 0 saturated carbocycles. The molecule has 0 aromatic carbocycles. The zero-order valence-electron chi connectivity index (χ0n) is 2.60. The largest absolute Gasteiger partial charge is 0.333 e. The number of nitriles is 1. The Balaban J connectivity index is 0. The van der Waals surface area contributed by atoms with Crippen molar-refractivity contribution < 1.29 is 0 Å². The van der Waals surface area contributed by atoms with Gasteiger partial charge < -0.3 is 5.73 Å². The lowest BCUT2D eigenvalue weighted by molar-refractivity contribution is 1.48. The molecule has 0 aromatic rings. The maximum atomic E-state index is 6.50. The van der Waals surface area contributed by atoms with Gasteiger partial charge in [0.25, 0.3) is 0 Å². The molecule has 0 unspecified atom stereocenters. The lowest BCUT2D eigenvalue weighted by Gasteiger charge is -1.19. The first kappa shape index (κ1) is 9.85. The van der Waals surface area contributed by atoms with Crippen LogP contribution in [0.2, 0.25) is 0 Å². The predicted molar refractivity (Wildman–Crippen MR) is 16.8 cm³/mol. The second-order valence-electron chi connectivity index (χ2n) is 0. The molecule has 0 rings (SSSR count). The van der Waals surface area contributed by atoms with Gasteiger partial charge in [0, 0.05) is 6.57 Å². The standard InChI is InChI=1S/CH5N.CHN/c2*1-2/h2H2,1H3;1H. The molecule has 0 bridgehead atoms. The van der Waals surface area contributed by atoms with Gasteiger partial charge in [0.05, 0.1) is 0 Å². The van der Waals surface area contributed by atoms with Crippen molar-refractivity contribution in [3.05, 3.63) is 0 Å². The molecule has 0 aliphatic carbocycles. The van der Waals surface area contributed by atoms with E-state index in [1.165, 1.54) is 7.05 Å². The SMILES string of the molecule is C#N.CN. The van der Waals surface area contributed by atoms with Crippen molar-refractivity contribution in [3.63, 3.8) is 0 Å². The summed E-state index contributed by atoms with van der Waals surface area (Å²) < 4.78 is 0. The van der Waals surface area contributed by atoms with Crippen LogP contribution in [0, 0.1) is 11.8 Å². The van der Waals surface area contributed by atoms with Gasteiger partial charge in [-0.2, -0.15) is 0 Å². The van der Waals surface area contributed by atoms with Gasteiger partial charge in [0.15, 0.2) is 0 Å². The minimum Gasteiger partial charge on any atom is -0.333 e. The summed E-state index contributed by atoms with van der Waals surface area (Å²) in [5, 5.41) is 6.50. The first-order valence-corrected chi connectivity index (χ1v) is 0.836. The fourth-order valence-corrected chi connectivity index (χ4v) is 0. The maximum Gasteiger partial charge on any atom is 0.0462 e. The minimum absolute atomic E-state index is 1.50. The molecule has 0 aliphatic heterocycles. The Morgan fingerprint density at radius 1 is 1.50 bits per heavy atom. The summed E-state index contributed by atoms with van der Waals surface area (Å²) in [5.74, 6) is 0. The number of nitrogens with two attached hydrogens (primary N) is 1. The highest BCUT2D eigenvalue weighted by Crippen LogP contribution is 0.586. The quantitative estimate of drug-likeness (QED) is 0.416. The Hall–Kier alpha value is -0.550. The van der Waals surface area contributed by atoms with E-state index in [4.69, 9.17) is 5.26 Å². The van der Waals surface area contributed by atoms with E-state index in [0.717, 1.165) is 0 Å². The first-order valence-electron chi connectivity index (χ1n) is 0.836. The molecule has 0 spiro atoms. The molecule has 0 saturated heterocycles. The Morgan fingerprint density at radius 3 is 1.50 bits per heavy atom. The summed E-state index contributed by atoms with van der Waals surface area (Å²) in [7, 11) is 1.50. The third kappa shape index (κ3) is 0.971. The summed E-state index contributed by atoms with van der Waals surface area (Å²) >= 11 is 0. The molecule has 2 heteroatoms. The third-order valence-corrected chi connectivity index (χ3v) is 0. The van der Waals surface area contributed by atoms with E-state index in [1.54, 1.807) is 0 Å². The number of rotatable bonds is 0. The average Bonchev–Trinajstić information content (AvgIpc) is 1.50. The molecular weight excluding hydrogens is 52.0 g/mol. The predicted octanol–water partition coefficient (Wildman–Crippen LogP) is -0.285. The van der Waals surface area contributed by atoms with E-state index < -0.39 is 0 Å². The van der Waals surface area contributed by atoms with Crippen LogP contribution in [0.3, 0.4) is 0 Å². The fraction of sp³-hybridized carbons (Fsp3) is 0.500. The van der Waals surface area contributed by atoms with Crippen LogP contribution in [-0.2, 0) is 0 Å². The Morgan fingerprint density at radius 2 is 1.50 bits per heavy atom. The molecular formula is C2H6N2. The number of hydrogen-bond acceptors (Lipinski definition) is 2. The third-order valence-electron chi connectivity index (χ3n) is 0. The summed E-state index contributed by atoms with van der Waals surface area (Å²) in [5.41, 5.74) is 4.50. The van der Waals surface area contributed by atoms with E-state index >= 15 is 0 Å². The van der Waals surface area contributed by atoms with Crippen molar-refractivity contribution in [3.8, 4) is 6.57 Å². The van der Waals surface area contributed by atoms with Crippen LogP contribution in [0.5, 0.6) is 0 Å². The van der Waals surface area contributed by atoms with Crippen LogP contribution in [0.1, 0.15) is 0 Å². The van der Waals surface area contributed by atoms with Crippen LogP contribution >= 0.6 is 0 Å². The average molecular weight is 58.1 g/mol. The first-order chi connectivity index (χ1) is 2.00. The molecule has 0 aliphatic rings. The molecule has 2 N–H and O–H groups in total. The molecule has 0 fully saturated rings. The van der Waals surface area contributed by atoms with E-state index in [2.05, 4.69) is 12.3 Å². The van der Waals surface area contributed by atoms with Gasteiger partial charge in [0.2, 0.25) is 0 Å². The highest BCUT2D eigenvalue weighted by Gasteiger charge is 0.836. The van der Waals surface area contributed by atoms with Crippen LogP contribution in [0.4, 0.5) is 0 Å². The van der Waals surface area contributed by atoms with Gasteiger partial charge in [0.1, 0.15) is 0 Å². The molecule has 24 valence electrons. The van der Waals surface area contributed by atoms with Gasteiger partial charge in [-0.3, -0.25) is 0 Å². The van der Waals surface area contributed by atoms with Gasteiger partial charge in [-0.1, -0.05) is 0 Å². The molecule has 0 aromatic heterocycles. The topological polar surface area (TPSA) is 49.8 Å². The molecule has 0 heterocycles. The fourth-order valence-electron chi connectivity index (χ4n) is 0. The van der Waals surface area contributed by atoms with Gasteiger partial charge >= 0.3 is 0 Å². The molecule has 4 heavy (non-hydrogen) atoms. The monoisotopic (exact) mass is 58.1 g/mol.